The van der Waals surface area contributed by atoms with Gasteiger partial charge in [0.25, 0.3) is 0 Å². The van der Waals surface area contributed by atoms with Gasteiger partial charge in [0.1, 0.15) is 0 Å². The first-order valence-corrected chi connectivity index (χ1v) is 6.97. The summed E-state index contributed by atoms with van der Waals surface area (Å²) in [5, 5.41) is 9.88. The van der Waals surface area contributed by atoms with E-state index in [4.69, 9.17) is 4.74 Å². The van der Waals surface area contributed by atoms with Gasteiger partial charge in [0, 0.05) is 0 Å². The van der Waals surface area contributed by atoms with Crippen LogP contribution in [-0.4, -0.2) is 18.0 Å². The van der Waals surface area contributed by atoms with Gasteiger partial charge in [-0.1, -0.05) is 27.2 Å². The molecule has 0 amide bonds. The number of aliphatic hydroxyl groups excluding tert-OH is 1. The minimum absolute atomic E-state index is 0.285. The lowest BCUT2D eigenvalue weighted by Gasteiger charge is -2.54. The molecular weight excluding hydrogens is 212 g/mol. The zero-order valence-electron chi connectivity index (χ0n) is 11.3. The van der Waals surface area contributed by atoms with Crippen LogP contribution >= 0.6 is 0 Å². The molecule has 0 bridgehead atoms. The van der Waals surface area contributed by atoms with Crippen molar-refractivity contribution < 1.29 is 9.84 Å². The highest BCUT2D eigenvalue weighted by atomic mass is 16.6. The lowest BCUT2D eigenvalue weighted by atomic mass is 9.50. The summed E-state index contributed by atoms with van der Waals surface area (Å²) in [4.78, 5) is 0. The Bertz CT molecular complexity index is 369. The first-order valence-electron chi connectivity index (χ1n) is 6.97. The lowest BCUT2D eigenvalue weighted by Crippen LogP contribution is -2.45. The van der Waals surface area contributed by atoms with E-state index in [9.17, 15) is 5.11 Å². The Morgan fingerprint density at radius 2 is 2.00 bits per heavy atom. The van der Waals surface area contributed by atoms with Gasteiger partial charge >= 0.3 is 0 Å². The minimum Gasteiger partial charge on any atom is -0.364 e. The van der Waals surface area contributed by atoms with E-state index in [1.807, 2.05) is 0 Å². The molecule has 2 heteroatoms. The van der Waals surface area contributed by atoms with Gasteiger partial charge in [0.2, 0.25) is 0 Å². The van der Waals surface area contributed by atoms with E-state index in [0.29, 0.717) is 12.0 Å². The third-order valence-electron chi connectivity index (χ3n) is 5.69. The molecule has 0 saturated heterocycles. The maximum Gasteiger partial charge on any atom is 0.177 e. The molecule has 3 rings (SSSR count). The molecule has 3 aliphatic rings. The Morgan fingerprint density at radius 3 is 2.76 bits per heavy atom. The number of hydrogen-bond donors (Lipinski definition) is 1. The van der Waals surface area contributed by atoms with Crippen LogP contribution < -0.4 is 0 Å². The van der Waals surface area contributed by atoms with Crippen molar-refractivity contribution in [3.05, 3.63) is 11.1 Å². The van der Waals surface area contributed by atoms with Crippen molar-refractivity contribution in [3.8, 4) is 0 Å². The van der Waals surface area contributed by atoms with Crippen molar-refractivity contribution in [2.45, 2.75) is 59.2 Å². The second-order valence-corrected chi connectivity index (χ2v) is 7.02. The zero-order valence-corrected chi connectivity index (χ0v) is 11.3. The number of aliphatic hydroxyl groups is 1. The highest BCUT2D eigenvalue weighted by Gasteiger charge is 2.52. The molecule has 1 fully saturated rings. The summed E-state index contributed by atoms with van der Waals surface area (Å²) >= 11 is 0. The molecule has 1 aliphatic heterocycles. The van der Waals surface area contributed by atoms with Crippen molar-refractivity contribution in [1.82, 2.24) is 0 Å². The lowest BCUT2D eigenvalue weighted by molar-refractivity contribution is -0.0480. The molecule has 1 unspecified atom stereocenters. The summed E-state index contributed by atoms with van der Waals surface area (Å²) < 4.78 is 5.46. The Balaban J connectivity index is 2.03. The number of ether oxygens (including phenoxy) is 1. The smallest absolute Gasteiger partial charge is 0.177 e. The summed E-state index contributed by atoms with van der Waals surface area (Å²) in [7, 11) is 0. The van der Waals surface area contributed by atoms with E-state index in [1.165, 1.54) is 36.8 Å². The van der Waals surface area contributed by atoms with Crippen LogP contribution in [-0.2, 0) is 4.74 Å². The third kappa shape index (κ3) is 1.53. The molecule has 3 atom stereocenters. The van der Waals surface area contributed by atoms with Gasteiger partial charge < -0.3 is 9.84 Å². The molecule has 1 saturated carbocycles. The van der Waals surface area contributed by atoms with Gasteiger partial charge in [-0.05, 0) is 53.6 Å². The number of fused-ring (bicyclic) bond motifs is 2. The van der Waals surface area contributed by atoms with E-state index in [0.717, 1.165) is 12.3 Å². The highest BCUT2D eigenvalue weighted by Crippen LogP contribution is 2.60. The standard InChI is InChI=1S/C15H24O2/c1-14(2)7-4-8-15(3)11-9-17-13(16)10(11)5-6-12(14)15/h12-13,16H,4-9H2,1-3H3/t12-,13?,15+/m1/s1. The van der Waals surface area contributed by atoms with Crippen LogP contribution in [0, 0.1) is 16.7 Å². The molecule has 1 heterocycles. The van der Waals surface area contributed by atoms with Crippen molar-refractivity contribution >= 4 is 0 Å². The molecule has 0 radical (unpaired) electrons. The average Bonchev–Trinajstić information content (AvgIpc) is 2.60. The Kier molecular flexibility index (Phi) is 2.47. The van der Waals surface area contributed by atoms with Gasteiger partial charge in [-0.25, -0.2) is 0 Å². The maximum absolute atomic E-state index is 9.88. The largest absolute Gasteiger partial charge is 0.364 e. The van der Waals surface area contributed by atoms with Gasteiger partial charge in [0.05, 0.1) is 6.61 Å². The Labute approximate surface area is 104 Å². The predicted molar refractivity (Wildman–Crippen MR) is 67.4 cm³/mol. The van der Waals surface area contributed by atoms with Crippen LogP contribution in [0.4, 0.5) is 0 Å². The van der Waals surface area contributed by atoms with E-state index >= 15 is 0 Å². The summed E-state index contributed by atoms with van der Waals surface area (Å²) in [5.74, 6) is 0.761. The van der Waals surface area contributed by atoms with E-state index in [2.05, 4.69) is 20.8 Å². The maximum atomic E-state index is 9.88. The fourth-order valence-corrected chi connectivity index (χ4v) is 4.80. The zero-order chi connectivity index (χ0) is 12.3. The van der Waals surface area contributed by atoms with Crippen LogP contribution in [0.15, 0.2) is 11.1 Å². The van der Waals surface area contributed by atoms with Crippen molar-refractivity contribution in [2.24, 2.45) is 16.7 Å². The van der Waals surface area contributed by atoms with Crippen LogP contribution in [0.25, 0.3) is 0 Å². The monoisotopic (exact) mass is 236 g/mol. The molecule has 0 spiro atoms. The van der Waals surface area contributed by atoms with Crippen LogP contribution in [0.1, 0.15) is 52.9 Å². The van der Waals surface area contributed by atoms with E-state index in [1.54, 1.807) is 0 Å². The molecule has 0 aromatic rings. The molecule has 0 aromatic heterocycles. The first kappa shape index (κ1) is 11.7. The average molecular weight is 236 g/mol. The second-order valence-electron chi connectivity index (χ2n) is 7.02. The summed E-state index contributed by atoms with van der Waals surface area (Å²) in [6.45, 7) is 7.92. The number of rotatable bonds is 0. The molecule has 0 aromatic carbocycles. The van der Waals surface area contributed by atoms with E-state index in [-0.39, 0.29) is 5.41 Å². The molecule has 17 heavy (non-hydrogen) atoms. The fraction of sp³-hybridized carbons (Fsp3) is 0.867. The molecule has 1 N–H and O–H groups in total. The normalized spacial score (nSPS) is 44.5. The second kappa shape index (κ2) is 3.58. The predicted octanol–water partition coefficient (Wildman–Crippen LogP) is 3.26. The van der Waals surface area contributed by atoms with Gasteiger partial charge in [0.15, 0.2) is 6.29 Å². The Hall–Kier alpha value is -0.340. The summed E-state index contributed by atoms with van der Waals surface area (Å²) in [6, 6.07) is 0. The van der Waals surface area contributed by atoms with Crippen LogP contribution in [0.5, 0.6) is 0 Å². The third-order valence-corrected chi connectivity index (χ3v) is 5.69. The topological polar surface area (TPSA) is 29.5 Å². The van der Waals surface area contributed by atoms with Crippen molar-refractivity contribution in [3.63, 3.8) is 0 Å². The Morgan fingerprint density at radius 1 is 1.24 bits per heavy atom. The van der Waals surface area contributed by atoms with Gasteiger partial charge in [-0.15, -0.1) is 0 Å². The van der Waals surface area contributed by atoms with Crippen molar-refractivity contribution in [2.75, 3.05) is 6.61 Å². The fourth-order valence-electron chi connectivity index (χ4n) is 4.80. The summed E-state index contributed by atoms with van der Waals surface area (Å²) in [5.41, 5.74) is 3.38. The first-order chi connectivity index (χ1) is 7.95. The SMILES string of the molecule is CC1(C)CCC[C@@]2(C)C3=C(CC[C@H]12)C(O)OC3. The molecule has 96 valence electrons. The molecule has 2 aliphatic carbocycles. The van der Waals surface area contributed by atoms with Crippen molar-refractivity contribution in [1.29, 1.82) is 0 Å². The van der Waals surface area contributed by atoms with Gasteiger partial charge in [-0.3, -0.25) is 0 Å². The molecular formula is C15H24O2. The van der Waals surface area contributed by atoms with Gasteiger partial charge in [-0.2, -0.15) is 0 Å². The van der Waals surface area contributed by atoms with E-state index < -0.39 is 6.29 Å². The highest BCUT2D eigenvalue weighted by molar-refractivity contribution is 5.32. The molecule has 2 nitrogen and oxygen atoms in total. The number of hydrogen-bond acceptors (Lipinski definition) is 2. The summed E-state index contributed by atoms with van der Waals surface area (Å²) in [6.07, 6.45) is 5.60. The van der Waals surface area contributed by atoms with Crippen LogP contribution in [0.2, 0.25) is 0 Å². The minimum atomic E-state index is -0.604. The quantitative estimate of drug-likeness (QED) is 0.654. The van der Waals surface area contributed by atoms with Crippen LogP contribution in [0.3, 0.4) is 0 Å².